The molecule has 0 bridgehead atoms. The zero-order valence-corrected chi connectivity index (χ0v) is 21.6. The van der Waals surface area contributed by atoms with Crippen LogP contribution < -0.4 is 9.04 Å². The maximum absolute atomic E-state index is 13.7. The Balaban J connectivity index is 2.04. The SMILES string of the molecule is CC(=O)CC[C@H]1CN(S(=O)(=O)c2cc(Cl)cc(C#N)c2)c2cc(CC(=O)OC(C)(C)C)ccc2O1. The number of hydrogen-bond acceptors (Lipinski definition) is 7. The molecule has 0 fully saturated rings. The van der Waals surface area contributed by atoms with Crippen LogP contribution in [0.5, 0.6) is 5.75 Å². The number of esters is 1. The number of carbonyl (C=O) groups is 2. The van der Waals surface area contributed by atoms with Crippen LogP contribution in [0.2, 0.25) is 5.02 Å². The molecule has 0 unspecified atom stereocenters. The fraction of sp³-hybridized carbons (Fsp3) is 0.400. The van der Waals surface area contributed by atoms with E-state index in [-0.39, 0.29) is 46.3 Å². The number of halogens is 1. The minimum Gasteiger partial charge on any atom is -0.486 e. The molecule has 0 radical (unpaired) electrons. The van der Waals surface area contributed by atoms with E-state index in [4.69, 9.17) is 21.1 Å². The van der Waals surface area contributed by atoms with E-state index in [2.05, 4.69) is 0 Å². The number of ether oxygens (including phenoxy) is 2. The summed E-state index contributed by atoms with van der Waals surface area (Å²) in [7, 11) is -4.16. The van der Waals surface area contributed by atoms with Crippen molar-refractivity contribution in [2.24, 2.45) is 0 Å². The number of ketones is 1. The molecule has 8 nitrogen and oxygen atoms in total. The first-order valence-electron chi connectivity index (χ1n) is 11.0. The molecule has 3 rings (SSSR count). The number of fused-ring (bicyclic) bond motifs is 1. The molecule has 186 valence electrons. The second-order valence-electron chi connectivity index (χ2n) is 9.37. The van der Waals surface area contributed by atoms with E-state index < -0.39 is 27.7 Å². The summed E-state index contributed by atoms with van der Waals surface area (Å²) in [6.45, 7) is 6.71. The molecule has 2 aromatic carbocycles. The maximum Gasteiger partial charge on any atom is 0.310 e. The lowest BCUT2D eigenvalue weighted by Gasteiger charge is -2.36. The molecule has 0 saturated heterocycles. The van der Waals surface area contributed by atoms with Gasteiger partial charge in [-0.25, -0.2) is 8.42 Å². The highest BCUT2D eigenvalue weighted by Gasteiger charge is 2.35. The number of nitriles is 1. The number of hydrogen-bond donors (Lipinski definition) is 0. The normalized spacial score (nSPS) is 15.5. The largest absolute Gasteiger partial charge is 0.486 e. The molecule has 1 heterocycles. The Morgan fingerprint density at radius 2 is 1.94 bits per heavy atom. The van der Waals surface area contributed by atoms with Crippen molar-refractivity contribution in [1.29, 1.82) is 5.26 Å². The number of rotatable bonds is 7. The summed E-state index contributed by atoms with van der Waals surface area (Å²) in [6, 6.07) is 10.7. The molecule has 2 aromatic rings. The highest BCUT2D eigenvalue weighted by atomic mass is 35.5. The summed E-state index contributed by atoms with van der Waals surface area (Å²) in [4.78, 5) is 23.7. The molecule has 1 aliphatic rings. The Morgan fingerprint density at radius 3 is 2.57 bits per heavy atom. The third-order valence-corrected chi connectivity index (χ3v) is 7.11. The predicted octanol–water partition coefficient (Wildman–Crippen LogP) is 4.42. The average Bonchev–Trinajstić information content (AvgIpc) is 2.75. The smallest absolute Gasteiger partial charge is 0.310 e. The molecule has 1 aliphatic heterocycles. The van der Waals surface area contributed by atoms with Gasteiger partial charge < -0.3 is 14.3 Å². The van der Waals surface area contributed by atoms with E-state index in [9.17, 15) is 23.3 Å². The molecule has 0 aliphatic carbocycles. The van der Waals surface area contributed by atoms with Gasteiger partial charge in [0.2, 0.25) is 0 Å². The van der Waals surface area contributed by atoms with Gasteiger partial charge in [0, 0.05) is 11.4 Å². The van der Waals surface area contributed by atoms with Crippen molar-refractivity contribution in [3.8, 4) is 11.8 Å². The molecular weight excluding hydrogens is 492 g/mol. The van der Waals surface area contributed by atoms with Crippen LogP contribution in [0.25, 0.3) is 0 Å². The topological polar surface area (TPSA) is 114 Å². The zero-order chi connectivity index (χ0) is 26.0. The third-order valence-electron chi connectivity index (χ3n) is 5.13. The van der Waals surface area contributed by atoms with Crippen molar-refractivity contribution in [2.45, 2.75) is 63.6 Å². The van der Waals surface area contributed by atoms with E-state index in [1.165, 1.54) is 29.4 Å². The highest BCUT2D eigenvalue weighted by molar-refractivity contribution is 7.92. The second-order valence-corrected chi connectivity index (χ2v) is 11.7. The average molecular weight is 519 g/mol. The standard InChI is InChI=1S/C25H27ClN2O6S/c1-16(29)5-7-20-15-28(35(31,32)21-10-18(14-27)9-19(26)13-21)22-11-17(6-8-23(22)33-20)12-24(30)34-25(2,3)4/h6,8-11,13,20H,5,7,12,15H2,1-4H3/t20-/m0/s1. The zero-order valence-electron chi connectivity index (χ0n) is 20.0. The van der Waals surface area contributed by atoms with Gasteiger partial charge in [-0.15, -0.1) is 0 Å². The summed E-state index contributed by atoms with van der Waals surface area (Å²) in [5, 5.41) is 9.39. The van der Waals surface area contributed by atoms with Crippen molar-refractivity contribution in [3.63, 3.8) is 0 Å². The van der Waals surface area contributed by atoms with E-state index in [0.717, 1.165) is 0 Å². The van der Waals surface area contributed by atoms with Gasteiger partial charge in [0.15, 0.2) is 0 Å². The number of anilines is 1. The van der Waals surface area contributed by atoms with Crippen molar-refractivity contribution < 1.29 is 27.5 Å². The van der Waals surface area contributed by atoms with E-state index in [1.54, 1.807) is 39.0 Å². The number of benzene rings is 2. The number of Topliss-reactive ketones (excluding diaryl/α,β-unsaturated/α-hetero) is 1. The van der Waals surface area contributed by atoms with Crippen LogP contribution in [-0.4, -0.2) is 38.4 Å². The van der Waals surface area contributed by atoms with Crippen molar-refractivity contribution in [3.05, 3.63) is 52.5 Å². The third kappa shape index (κ3) is 6.74. The molecular formula is C25H27ClN2O6S. The Labute approximate surface area is 210 Å². The van der Waals surface area contributed by atoms with E-state index in [1.807, 2.05) is 6.07 Å². The first-order chi connectivity index (χ1) is 16.3. The minimum atomic E-state index is -4.16. The van der Waals surface area contributed by atoms with Crippen LogP contribution in [0.15, 0.2) is 41.3 Å². The lowest BCUT2D eigenvalue weighted by atomic mass is 10.1. The van der Waals surface area contributed by atoms with Crippen LogP contribution >= 0.6 is 11.6 Å². The summed E-state index contributed by atoms with van der Waals surface area (Å²) in [6.07, 6.45) is -0.0469. The minimum absolute atomic E-state index is 0.0324. The molecule has 35 heavy (non-hydrogen) atoms. The Hall–Kier alpha value is -3.09. The summed E-state index contributed by atoms with van der Waals surface area (Å²) in [5.41, 5.74) is 0.256. The Morgan fingerprint density at radius 1 is 1.23 bits per heavy atom. The second kappa shape index (κ2) is 10.3. The fourth-order valence-electron chi connectivity index (χ4n) is 3.66. The molecule has 0 spiro atoms. The molecule has 0 aromatic heterocycles. The van der Waals surface area contributed by atoms with Gasteiger partial charge in [0.25, 0.3) is 10.0 Å². The van der Waals surface area contributed by atoms with Gasteiger partial charge in [0.05, 0.1) is 35.2 Å². The number of carbonyl (C=O) groups excluding carboxylic acids is 2. The summed E-state index contributed by atoms with van der Waals surface area (Å²) >= 11 is 6.07. The van der Waals surface area contributed by atoms with Gasteiger partial charge in [-0.1, -0.05) is 17.7 Å². The molecule has 0 saturated carbocycles. The van der Waals surface area contributed by atoms with Crippen molar-refractivity contribution in [2.75, 3.05) is 10.8 Å². The van der Waals surface area contributed by atoms with Gasteiger partial charge in [-0.2, -0.15) is 5.26 Å². The van der Waals surface area contributed by atoms with Gasteiger partial charge in [-0.3, -0.25) is 9.10 Å². The van der Waals surface area contributed by atoms with Crippen LogP contribution in [0.4, 0.5) is 5.69 Å². The lowest BCUT2D eigenvalue weighted by molar-refractivity contribution is -0.153. The first kappa shape index (κ1) is 26.5. The Kier molecular flexibility index (Phi) is 7.77. The quantitative estimate of drug-likeness (QED) is 0.498. The molecule has 0 amide bonds. The number of nitrogens with zero attached hydrogens (tertiary/aromatic N) is 2. The van der Waals surface area contributed by atoms with Crippen LogP contribution in [0.3, 0.4) is 0 Å². The monoisotopic (exact) mass is 518 g/mol. The highest BCUT2D eigenvalue weighted by Crippen LogP contribution is 2.39. The van der Waals surface area contributed by atoms with Gasteiger partial charge in [-0.05, 0) is 70.0 Å². The molecule has 1 atom stereocenters. The van der Waals surface area contributed by atoms with E-state index in [0.29, 0.717) is 17.7 Å². The Bertz CT molecular complexity index is 1290. The van der Waals surface area contributed by atoms with Crippen LogP contribution in [0, 0.1) is 11.3 Å². The van der Waals surface area contributed by atoms with Gasteiger partial charge >= 0.3 is 5.97 Å². The van der Waals surface area contributed by atoms with Crippen molar-refractivity contribution in [1.82, 2.24) is 0 Å². The lowest BCUT2D eigenvalue weighted by Crippen LogP contribution is -2.43. The predicted molar refractivity (Wildman–Crippen MR) is 131 cm³/mol. The summed E-state index contributed by atoms with van der Waals surface area (Å²) in [5.74, 6) is -0.171. The summed E-state index contributed by atoms with van der Waals surface area (Å²) < 4.78 is 40.0. The van der Waals surface area contributed by atoms with Crippen LogP contribution in [0.1, 0.15) is 51.7 Å². The fourth-order valence-corrected chi connectivity index (χ4v) is 5.53. The first-order valence-corrected chi connectivity index (χ1v) is 12.8. The van der Waals surface area contributed by atoms with Gasteiger partial charge in [0.1, 0.15) is 23.2 Å². The molecule has 10 heteroatoms. The molecule has 0 N–H and O–H groups in total. The van der Waals surface area contributed by atoms with E-state index >= 15 is 0 Å². The maximum atomic E-state index is 13.7. The van der Waals surface area contributed by atoms with Crippen molar-refractivity contribution >= 4 is 39.1 Å². The van der Waals surface area contributed by atoms with Crippen LogP contribution in [-0.2, 0) is 30.8 Å². The number of sulfonamides is 1.